The van der Waals surface area contributed by atoms with Gasteiger partial charge >= 0.3 is 11.7 Å². The molecule has 0 saturated heterocycles. The van der Waals surface area contributed by atoms with Gasteiger partial charge in [-0.1, -0.05) is 31.4 Å². The highest BCUT2D eigenvalue weighted by Crippen LogP contribution is 2.30. The fourth-order valence-corrected chi connectivity index (χ4v) is 3.87. The zero-order chi connectivity index (χ0) is 24.1. The number of nitrogens with one attached hydrogen (secondary N) is 1. The Morgan fingerprint density at radius 3 is 2.30 bits per heavy atom. The van der Waals surface area contributed by atoms with Crippen molar-refractivity contribution in [3.8, 4) is 11.9 Å². The maximum absolute atomic E-state index is 13.2. The Balaban J connectivity index is 2.10. The Labute approximate surface area is 187 Å². The molecule has 0 radical (unpaired) electrons. The van der Waals surface area contributed by atoms with Gasteiger partial charge in [0.25, 0.3) is 11.5 Å². The lowest BCUT2D eigenvalue weighted by Crippen LogP contribution is -2.47. The van der Waals surface area contributed by atoms with E-state index in [1.165, 1.54) is 24.3 Å². The number of carboxylic acid groups (broad SMARTS) is 1. The van der Waals surface area contributed by atoms with E-state index in [1.54, 1.807) is 0 Å². The van der Waals surface area contributed by atoms with Crippen molar-refractivity contribution in [2.45, 2.75) is 44.7 Å². The summed E-state index contributed by atoms with van der Waals surface area (Å²) in [5.41, 5.74) is -2.45. The summed E-state index contributed by atoms with van der Waals surface area (Å²) < 4.78 is 1.52. The summed E-state index contributed by atoms with van der Waals surface area (Å²) in [4.78, 5) is 62.2. The molecule has 1 heterocycles. The van der Waals surface area contributed by atoms with Crippen LogP contribution in [-0.4, -0.2) is 43.6 Å². The number of carbonyl (C=O) groups is 3. The highest BCUT2D eigenvalue weighted by molar-refractivity contribution is 5.98. The molecule has 0 bridgehead atoms. The number of aliphatic carboxylic acids is 1. The van der Waals surface area contributed by atoms with Gasteiger partial charge in [-0.2, -0.15) is 5.26 Å². The molecule has 0 atom stereocenters. The molecule has 1 aliphatic rings. The first-order valence-electron chi connectivity index (χ1n) is 10.4. The molecule has 1 amide bonds. The number of hydrogen-bond acceptors (Lipinski definition) is 7. The number of rotatable bonds is 7. The third kappa shape index (κ3) is 5.01. The number of carboxylic acids is 1. The quantitative estimate of drug-likeness (QED) is 0.515. The number of carbonyl (C=O) groups excluding carboxylic acids is 2. The van der Waals surface area contributed by atoms with Gasteiger partial charge in [-0.3, -0.25) is 28.3 Å². The molecule has 0 aliphatic heterocycles. The van der Waals surface area contributed by atoms with Gasteiger partial charge in [0.05, 0.1) is 18.2 Å². The molecular weight excluding hydrogens is 432 g/mol. The van der Waals surface area contributed by atoms with Crippen molar-refractivity contribution < 1.29 is 24.6 Å². The molecule has 1 aliphatic carbocycles. The van der Waals surface area contributed by atoms with E-state index >= 15 is 0 Å². The van der Waals surface area contributed by atoms with Crippen LogP contribution in [0.3, 0.4) is 0 Å². The topological polar surface area (TPSA) is 171 Å². The lowest BCUT2D eigenvalue weighted by molar-refractivity contribution is -0.135. The van der Waals surface area contributed by atoms with E-state index in [0.717, 1.165) is 23.8 Å². The molecule has 33 heavy (non-hydrogen) atoms. The van der Waals surface area contributed by atoms with E-state index in [2.05, 4.69) is 0 Å². The van der Waals surface area contributed by atoms with Crippen LogP contribution in [0.5, 0.6) is 5.88 Å². The lowest BCUT2D eigenvalue weighted by atomic mass is 9.95. The molecular formula is C22H22N4O7. The fourth-order valence-electron chi connectivity index (χ4n) is 3.87. The molecule has 0 unspecified atom stereocenters. The van der Waals surface area contributed by atoms with Crippen LogP contribution >= 0.6 is 0 Å². The first-order chi connectivity index (χ1) is 15.7. The number of hydrogen-bond donors (Lipinski definition) is 3. The number of amides is 1. The normalized spacial score (nSPS) is 13.8. The second-order valence-corrected chi connectivity index (χ2v) is 7.72. The molecule has 3 rings (SSSR count). The maximum Gasteiger partial charge on any atom is 0.334 e. The smallest absolute Gasteiger partial charge is 0.334 e. The molecule has 172 valence electrons. The molecule has 1 saturated carbocycles. The van der Waals surface area contributed by atoms with E-state index < -0.39 is 59.5 Å². The molecule has 11 nitrogen and oxygen atoms in total. The van der Waals surface area contributed by atoms with E-state index in [0.29, 0.717) is 23.0 Å². The number of benzene rings is 1. The molecule has 11 heteroatoms. The van der Waals surface area contributed by atoms with Gasteiger partial charge in [-0.05, 0) is 25.0 Å². The van der Waals surface area contributed by atoms with Crippen LogP contribution < -0.4 is 16.6 Å². The van der Waals surface area contributed by atoms with Crippen LogP contribution in [0.15, 0.2) is 33.9 Å². The third-order valence-electron chi connectivity index (χ3n) is 5.55. The van der Waals surface area contributed by atoms with Gasteiger partial charge < -0.3 is 15.5 Å². The highest BCUT2D eigenvalue weighted by atomic mass is 16.4. The summed E-state index contributed by atoms with van der Waals surface area (Å²) in [6, 6.07) is 7.03. The molecule has 0 spiro atoms. The first kappa shape index (κ1) is 23.5. The van der Waals surface area contributed by atoms with Crippen LogP contribution in [0.4, 0.5) is 0 Å². The van der Waals surface area contributed by atoms with Gasteiger partial charge in [-0.25, -0.2) is 4.79 Å². The summed E-state index contributed by atoms with van der Waals surface area (Å²) >= 11 is 0. The minimum atomic E-state index is -1.36. The van der Waals surface area contributed by atoms with Crippen LogP contribution in [0.1, 0.15) is 64.4 Å². The lowest BCUT2D eigenvalue weighted by Gasteiger charge is -2.26. The molecule has 1 fully saturated rings. The minimum absolute atomic E-state index is 0.148. The van der Waals surface area contributed by atoms with Gasteiger partial charge in [-0.15, -0.1) is 0 Å². The van der Waals surface area contributed by atoms with Crippen LogP contribution in [0.2, 0.25) is 0 Å². The van der Waals surface area contributed by atoms with Crippen LogP contribution in [0, 0.1) is 11.3 Å². The van der Waals surface area contributed by atoms with Crippen molar-refractivity contribution in [3.63, 3.8) is 0 Å². The van der Waals surface area contributed by atoms with Crippen molar-refractivity contribution in [1.29, 1.82) is 5.26 Å². The number of nitrogens with zero attached hydrogens (tertiary/aromatic N) is 3. The number of nitriles is 1. The average molecular weight is 454 g/mol. The highest BCUT2D eigenvalue weighted by Gasteiger charge is 2.29. The molecule has 1 aromatic heterocycles. The average Bonchev–Trinajstić information content (AvgIpc) is 2.81. The van der Waals surface area contributed by atoms with Crippen molar-refractivity contribution >= 4 is 17.7 Å². The van der Waals surface area contributed by atoms with Crippen molar-refractivity contribution in [2.24, 2.45) is 0 Å². The van der Waals surface area contributed by atoms with Gasteiger partial charge in [0.1, 0.15) is 6.54 Å². The van der Waals surface area contributed by atoms with E-state index in [4.69, 9.17) is 10.4 Å². The Kier molecular flexibility index (Phi) is 7.07. The predicted molar refractivity (Wildman–Crippen MR) is 114 cm³/mol. The Morgan fingerprint density at radius 1 is 1.09 bits per heavy atom. The Hall–Kier alpha value is -4.20. The second-order valence-electron chi connectivity index (χ2n) is 7.72. The van der Waals surface area contributed by atoms with Crippen LogP contribution in [-0.2, 0) is 11.3 Å². The van der Waals surface area contributed by atoms with E-state index in [-0.39, 0.29) is 5.56 Å². The zero-order valence-corrected chi connectivity index (χ0v) is 17.6. The fraction of sp³-hybridized carbons (Fsp3) is 0.364. The predicted octanol–water partition coefficient (Wildman–Crippen LogP) is 0.790. The van der Waals surface area contributed by atoms with E-state index in [9.17, 15) is 29.1 Å². The minimum Gasteiger partial charge on any atom is -0.494 e. The van der Waals surface area contributed by atoms with Crippen molar-refractivity contribution in [1.82, 2.24) is 14.5 Å². The van der Waals surface area contributed by atoms with Gasteiger partial charge in [0.15, 0.2) is 11.3 Å². The number of aromatic hydroxyl groups is 1. The summed E-state index contributed by atoms with van der Waals surface area (Å²) in [5.74, 6) is -3.98. The van der Waals surface area contributed by atoms with E-state index in [1.807, 2.05) is 11.4 Å². The summed E-state index contributed by atoms with van der Waals surface area (Å²) in [5, 5.41) is 30.4. The number of aromatic nitrogens is 2. The largest absolute Gasteiger partial charge is 0.494 e. The standard InChI is InChI=1S/C22H22N4O7/c23-10-13-6-8-14(9-7-13)16(27)12-25-20(31)18(19(30)24-11-17(28)29)21(32)26(22(25)33)15-4-2-1-3-5-15/h6-9,15,32H,1-5,11-12H2,(H,24,30)(H,28,29). The first-order valence-corrected chi connectivity index (χ1v) is 10.4. The molecule has 1 aromatic carbocycles. The Bertz CT molecular complexity index is 1250. The summed E-state index contributed by atoms with van der Waals surface area (Å²) in [6.45, 7) is -1.50. The monoisotopic (exact) mass is 454 g/mol. The SMILES string of the molecule is N#Cc1ccc(C(=O)Cn2c(=O)c(C(=O)NCC(=O)O)c(O)n(C3CCCCC3)c2=O)cc1. The Morgan fingerprint density at radius 2 is 1.73 bits per heavy atom. The van der Waals surface area contributed by atoms with Crippen LogP contribution in [0.25, 0.3) is 0 Å². The van der Waals surface area contributed by atoms with Crippen molar-refractivity contribution in [3.05, 3.63) is 61.8 Å². The molecule has 2 aromatic rings. The second kappa shape index (κ2) is 9.95. The summed E-state index contributed by atoms with van der Waals surface area (Å²) in [6.07, 6.45) is 3.56. The number of ketones is 1. The van der Waals surface area contributed by atoms with Gasteiger partial charge in [0.2, 0.25) is 5.88 Å². The maximum atomic E-state index is 13.2. The third-order valence-corrected chi connectivity index (χ3v) is 5.55. The molecule has 3 N–H and O–H groups in total. The zero-order valence-electron chi connectivity index (χ0n) is 17.6. The summed E-state index contributed by atoms with van der Waals surface area (Å²) in [7, 11) is 0. The van der Waals surface area contributed by atoms with Crippen molar-refractivity contribution in [2.75, 3.05) is 6.54 Å². The number of Topliss-reactive ketones (excluding diaryl/α,β-unsaturated/α-hetero) is 1. The van der Waals surface area contributed by atoms with Gasteiger partial charge in [0, 0.05) is 11.6 Å².